The van der Waals surface area contributed by atoms with Crippen LogP contribution in [0.4, 0.5) is 0 Å². The smallest absolute Gasteiger partial charge is 0.249 e. The van der Waals surface area contributed by atoms with Gasteiger partial charge in [-0.2, -0.15) is 0 Å². The van der Waals surface area contributed by atoms with Gasteiger partial charge in [0, 0.05) is 0 Å². The minimum Gasteiger partial charge on any atom is -0.394 e. The molecule has 1 aliphatic rings. The van der Waals surface area contributed by atoms with Gasteiger partial charge in [0.25, 0.3) is 0 Å². The van der Waals surface area contributed by atoms with E-state index in [1.807, 2.05) is 0 Å². The monoisotopic (exact) mass is 1050 g/mol. The molecule has 436 valence electrons. The van der Waals surface area contributed by atoms with Crippen LogP contribution >= 0.6 is 0 Å². The van der Waals surface area contributed by atoms with Crippen LogP contribution in [0.5, 0.6) is 0 Å². The zero-order valence-corrected chi connectivity index (χ0v) is 47.8. The fourth-order valence-corrected chi connectivity index (χ4v) is 10.1. The summed E-state index contributed by atoms with van der Waals surface area (Å²) in [5, 5.41) is 76.3. The van der Waals surface area contributed by atoms with Gasteiger partial charge >= 0.3 is 0 Å². The van der Waals surface area contributed by atoms with Gasteiger partial charge in [-0.15, -0.1) is 0 Å². The van der Waals surface area contributed by atoms with Crippen LogP contribution < -0.4 is 5.32 Å². The normalized spacial score (nSPS) is 20.0. The second kappa shape index (κ2) is 52.1. The number of aliphatic hydroxyl groups is 7. The molecular weight excluding hydrogens is 931 g/mol. The third-order valence-electron chi connectivity index (χ3n) is 15.2. The Kier molecular flexibility index (Phi) is 49.5. The second-order valence-corrected chi connectivity index (χ2v) is 22.1. The van der Waals surface area contributed by atoms with Gasteiger partial charge in [-0.3, -0.25) is 4.79 Å². The molecule has 74 heavy (non-hydrogen) atoms. The molecule has 0 aromatic heterocycles. The maximum atomic E-state index is 13.2. The largest absolute Gasteiger partial charge is 0.394 e. The zero-order chi connectivity index (χ0) is 54.0. The van der Waals surface area contributed by atoms with E-state index < -0.39 is 74.2 Å². The average Bonchev–Trinajstić information content (AvgIpc) is 3.40. The molecule has 0 saturated carbocycles. The number of aliphatic hydroxyl groups excluding tert-OH is 7. The van der Waals surface area contributed by atoms with E-state index in [9.17, 15) is 40.5 Å². The molecule has 0 aromatic carbocycles. The Morgan fingerprint density at radius 1 is 0.486 bits per heavy atom. The van der Waals surface area contributed by atoms with E-state index in [1.165, 1.54) is 199 Å². The number of nitrogens with one attached hydrogen (secondary N) is 1. The van der Waals surface area contributed by atoms with Gasteiger partial charge in [-0.25, -0.2) is 0 Å². The summed E-state index contributed by atoms with van der Waals surface area (Å²) < 4.78 is 11.2. The molecule has 0 radical (unpaired) electrons. The van der Waals surface area contributed by atoms with Gasteiger partial charge in [-0.1, -0.05) is 262 Å². The average molecular weight is 1050 g/mol. The Morgan fingerprint density at radius 2 is 0.878 bits per heavy atom. The van der Waals surface area contributed by atoms with E-state index in [1.54, 1.807) is 0 Å². The first-order valence-electron chi connectivity index (χ1n) is 31.4. The van der Waals surface area contributed by atoms with E-state index in [4.69, 9.17) is 9.47 Å². The number of ether oxygens (including phenoxy) is 2. The number of carbonyl (C=O) groups is 1. The van der Waals surface area contributed by atoms with E-state index >= 15 is 0 Å². The maximum absolute atomic E-state index is 13.2. The van der Waals surface area contributed by atoms with Crippen molar-refractivity contribution in [3.05, 3.63) is 36.5 Å². The lowest BCUT2D eigenvalue weighted by Crippen LogP contribution is -2.60. The molecule has 8 N–H and O–H groups in total. The van der Waals surface area contributed by atoms with Crippen LogP contribution in [-0.4, -0.2) is 110 Å². The van der Waals surface area contributed by atoms with Crippen LogP contribution in [0, 0.1) is 0 Å². The van der Waals surface area contributed by atoms with Crippen molar-refractivity contribution in [3.63, 3.8) is 0 Å². The van der Waals surface area contributed by atoms with E-state index in [0.29, 0.717) is 12.8 Å². The van der Waals surface area contributed by atoms with Crippen molar-refractivity contribution in [3.8, 4) is 0 Å². The molecule has 0 aliphatic carbocycles. The standard InChI is InChI=1S/C63H119NO10/c1-3-5-7-9-11-13-15-17-19-21-23-25-26-27-28-29-30-31-33-34-36-38-40-42-44-46-48-50-55(66)58(68)54(53-73-63-61(71)60(70)59(69)57(52-65)74-63)64-62(72)56(67)51-49-47-45-43-41-39-37-35-32-24-22-20-18-16-14-12-10-8-6-4-2/h6,8,12,14,42,44,54-61,63,65-71H,3-5,7,9-11,13,15-41,43,45-53H2,1-2H3,(H,64,72)/b8-6-,14-12-,44-42+. The van der Waals surface area contributed by atoms with E-state index in [2.05, 4.69) is 55.6 Å². The maximum Gasteiger partial charge on any atom is 0.249 e. The minimum atomic E-state index is -1.67. The van der Waals surface area contributed by atoms with E-state index in [-0.39, 0.29) is 12.8 Å². The van der Waals surface area contributed by atoms with Crippen LogP contribution in [0.1, 0.15) is 290 Å². The van der Waals surface area contributed by atoms with Gasteiger partial charge < -0.3 is 50.5 Å². The van der Waals surface area contributed by atoms with Crippen LogP contribution in [0.3, 0.4) is 0 Å². The third kappa shape index (κ3) is 39.7. The van der Waals surface area contributed by atoms with Crippen LogP contribution in [0.25, 0.3) is 0 Å². The van der Waals surface area contributed by atoms with Crippen molar-refractivity contribution in [2.24, 2.45) is 0 Å². The Morgan fingerprint density at radius 3 is 1.31 bits per heavy atom. The summed E-state index contributed by atoms with van der Waals surface area (Å²) >= 11 is 0. The highest BCUT2D eigenvalue weighted by Crippen LogP contribution is 2.24. The lowest BCUT2D eigenvalue weighted by molar-refractivity contribution is -0.303. The fourth-order valence-electron chi connectivity index (χ4n) is 10.1. The molecule has 11 heteroatoms. The summed E-state index contributed by atoms with van der Waals surface area (Å²) in [6.07, 6.45) is 53.6. The van der Waals surface area contributed by atoms with Crippen molar-refractivity contribution in [2.75, 3.05) is 13.2 Å². The molecular formula is C63H119NO10. The predicted octanol–water partition coefficient (Wildman–Crippen LogP) is 13.9. The quantitative estimate of drug-likeness (QED) is 0.0215. The SMILES string of the molecule is CC/C=C\C/C=C\CCCCCCCCCCCCCCCC(O)C(=O)NC(COC1OC(CO)C(O)C(O)C1O)C(O)C(O)CCC/C=C/CCCCCCCCCCCCCCCCCCCCCCCC. The molecule has 1 amide bonds. The molecule has 0 spiro atoms. The van der Waals surface area contributed by atoms with Crippen molar-refractivity contribution in [2.45, 2.75) is 345 Å². The molecule has 11 nitrogen and oxygen atoms in total. The highest BCUT2D eigenvalue weighted by atomic mass is 16.7. The van der Waals surface area contributed by atoms with Crippen molar-refractivity contribution in [1.82, 2.24) is 5.32 Å². The molecule has 1 rings (SSSR count). The molecule has 0 aromatic rings. The molecule has 1 aliphatic heterocycles. The number of carbonyl (C=O) groups excluding carboxylic acids is 1. The summed E-state index contributed by atoms with van der Waals surface area (Å²) in [4.78, 5) is 13.2. The Bertz CT molecular complexity index is 1300. The number of rotatable bonds is 54. The van der Waals surface area contributed by atoms with Gasteiger partial charge in [0.05, 0.1) is 25.4 Å². The van der Waals surface area contributed by atoms with Gasteiger partial charge in [0.15, 0.2) is 6.29 Å². The molecule has 1 fully saturated rings. The molecule has 0 bridgehead atoms. The Balaban J connectivity index is 2.27. The Labute approximate surface area is 454 Å². The summed E-state index contributed by atoms with van der Waals surface area (Å²) in [5.41, 5.74) is 0. The summed E-state index contributed by atoms with van der Waals surface area (Å²) in [7, 11) is 0. The highest BCUT2D eigenvalue weighted by Gasteiger charge is 2.44. The molecule has 9 unspecified atom stereocenters. The summed E-state index contributed by atoms with van der Waals surface area (Å²) in [5.74, 6) is -0.704. The first kappa shape index (κ1) is 70.3. The topological polar surface area (TPSA) is 189 Å². The highest BCUT2D eigenvalue weighted by molar-refractivity contribution is 5.80. The third-order valence-corrected chi connectivity index (χ3v) is 15.2. The lowest BCUT2D eigenvalue weighted by Gasteiger charge is -2.40. The number of allylic oxidation sites excluding steroid dienone is 6. The number of hydrogen-bond acceptors (Lipinski definition) is 10. The van der Waals surface area contributed by atoms with Crippen LogP contribution in [-0.2, 0) is 14.3 Å². The number of amides is 1. The molecule has 1 saturated heterocycles. The van der Waals surface area contributed by atoms with Gasteiger partial charge in [-0.05, 0) is 64.2 Å². The number of unbranched alkanes of at least 4 members (excludes halogenated alkanes) is 36. The predicted molar refractivity (Wildman–Crippen MR) is 307 cm³/mol. The van der Waals surface area contributed by atoms with Crippen molar-refractivity contribution >= 4 is 5.91 Å². The van der Waals surface area contributed by atoms with Gasteiger partial charge in [0.1, 0.15) is 36.6 Å². The first-order valence-corrected chi connectivity index (χ1v) is 31.4. The second-order valence-electron chi connectivity index (χ2n) is 22.1. The van der Waals surface area contributed by atoms with Crippen LogP contribution in [0.15, 0.2) is 36.5 Å². The van der Waals surface area contributed by atoms with E-state index in [0.717, 1.165) is 51.4 Å². The van der Waals surface area contributed by atoms with Crippen molar-refractivity contribution in [1.29, 1.82) is 0 Å². The Hall–Kier alpha value is -1.67. The van der Waals surface area contributed by atoms with Crippen molar-refractivity contribution < 1.29 is 50.0 Å². The summed E-state index contributed by atoms with van der Waals surface area (Å²) in [6.45, 7) is 3.38. The van der Waals surface area contributed by atoms with Crippen LogP contribution in [0.2, 0.25) is 0 Å². The molecule has 9 atom stereocenters. The first-order chi connectivity index (χ1) is 36.2. The van der Waals surface area contributed by atoms with Gasteiger partial charge in [0.2, 0.25) is 5.91 Å². The number of hydrogen-bond donors (Lipinski definition) is 8. The molecule has 1 heterocycles. The zero-order valence-electron chi connectivity index (χ0n) is 47.8. The fraction of sp³-hybridized carbons (Fsp3) is 0.889. The minimum absolute atomic E-state index is 0.253. The lowest BCUT2D eigenvalue weighted by atomic mass is 9.98. The summed E-state index contributed by atoms with van der Waals surface area (Å²) in [6, 6.07) is -1.19.